The smallest absolute Gasteiger partial charge is 0.407 e. The largest absolute Gasteiger partial charge is 0.460 e. The van der Waals surface area contributed by atoms with Gasteiger partial charge >= 0.3 is 12.1 Å². The van der Waals surface area contributed by atoms with Crippen LogP contribution in [0.3, 0.4) is 0 Å². The van der Waals surface area contributed by atoms with Gasteiger partial charge in [0.25, 0.3) is 17.6 Å². The monoisotopic (exact) mass is 1280 g/mol. The highest BCUT2D eigenvalue weighted by atomic mass is 16.6. The highest BCUT2D eigenvalue weighted by Crippen LogP contribution is 2.38. The number of hydrogen-bond acceptors (Lipinski definition) is 21. The summed E-state index contributed by atoms with van der Waals surface area (Å²) < 4.78 is 36.0. The zero-order valence-electron chi connectivity index (χ0n) is 55.6. The molecule has 24 heteroatoms. The minimum absolute atomic E-state index is 0.0129. The van der Waals surface area contributed by atoms with Gasteiger partial charge in [-0.05, 0) is 114 Å². The number of aliphatic hydroxyl groups is 2. The van der Waals surface area contributed by atoms with Crippen LogP contribution < -0.4 is 20.4 Å². The van der Waals surface area contributed by atoms with Crippen molar-refractivity contribution in [2.45, 2.75) is 194 Å². The number of nitrogens with zero attached hydrogens (tertiary/aromatic N) is 7. The van der Waals surface area contributed by atoms with E-state index in [9.17, 15) is 43.8 Å². The van der Waals surface area contributed by atoms with Crippen molar-refractivity contribution in [3.8, 4) is 0 Å². The SMILES string of the molecule is CCNC(=O)c1cnc(N2CCN(c3ncc(CNC(=O)O[C@@H]4CC[C@@H](C[C@@H](C)[C@@H]5CC(=O)[C@H](C)/C=C(\C)[C@@H](O)[C@@H](OC)C(=O)[C@H](C)C[C@H](C)/C=C/C=C/C=C(\C)[C@@H](OC)C[C@@H]6CC[C@@H](C)[C@@](O)(O6)C(=O)C(=O)N6CCCC[C@H]6C(=O)O5)C[C@H]4OC)cn3)CC2)nc1. The number of anilines is 2. The maximum atomic E-state index is 14.7. The number of aliphatic hydroxyl groups excluding tert-OH is 1. The van der Waals surface area contributed by atoms with E-state index in [1.165, 1.54) is 24.4 Å². The van der Waals surface area contributed by atoms with Crippen molar-refractivity contribution < 1.29 is 72.2 Å². The third-order valence-corrected chi connectivity index (χ3v) is 18.9. The summed E-state index contributed by atoms with van der Waals surface area (Å²) in [5.41, 5.74) is 2.28. The maximum absolute atomic E-state index is 14.7. The number of aromatic nitrogens is 4. The normalized spacial score (nSPS) is 32.8. The number of cyclic esters (lactones) is 1. The van der Waals surface area contributed by atoms with E-state index in [4.69, 9.17) is 28.4 Å². The van der Waals surface area contributed by atoms with Gasteiger partial charge in [-0.25, -0.2) is 29.5 Å². The Balaban J connectivity index is 1.02. The van der Waals surface area contributed by atoms with Crippen molar-refractivity contribution in [1.29, 1.82) is 0 Å². The zero-order chi connectivity index (χ0) is 66.8. The van der Waals surface area contributed by atoms with E-state index in [0.717, 1.165) is 5.57 Å². The number of carbonyl (C=O) groups excluding carboxylic acids is 7. The van der Waals surface area contributed by atoms with E-state index in [1.54, 1.807) is 60.4 Å². The molecule has 15 atom stereocenters. The molecule has 0 spiro atoms. The van der Waals surface area contributed by atoms with Crippen LogP contribution in [0.2, 0.25) is 0 Å². The minimum atomic E-state index is -2.48. The Morgan fingerprint density at radius 1 is 0.772 bits per heavy atom. The van der Waals surface area contributed by atoms with Gasteiger partial charge in [-0.15, -0.1) is 0 Å². The van der Waals surface area contributed by atoms with E-state index in [1.807, 2.05) is 63.0 Å². The number of carbonyl (C=O) groups is 7. The highest BCUT2D eigenvalue weighted by molar-refractivity contribution is 6.39. The second kappa shape index (κ2) is 34.4. The molecule has 2 bridgehead atoms. The fourth-order valence-electron chi connectivity index (χ4n) is 13.2. The summed E-state index contributed by atoms with van der Waals surface area (Å²) in [5, 5.41) is 29.3. The van der Waals surface area contributed by atoms with Crippen LogP contribution in [0.4, 0.5) is 16.7 Å². The number of fused-ring (bicyclic) bond motifs is 3. The first kappa shape index (κ1) is 72.6. The lowest BCUT2D eigenvalue weighted by molar-refractivity contribution is -0.265. The Hall–Kier alpha value is -6.83. The molecule has 506 valence electrons. The first-order valence-corrected chi connectivity index (χ1v) is 32.8. The van der Waals surface area contributed by atoms with Crippen LogP contribution in [0, 0.1) is 35.5 Å². The van der Waals surface area contributed by atoms with Crippen LogP contribution in [0.25, 0.3) is 0 Å². The molecular weight excluding hydrogens is 1180 g/mol. The average molecular weight is 1280 g/mol. The van der Waals surface area contributed by atoms with Crippen LogP contribution in [0.1, 0.15) is 148 Å². The van der Waals surface area contributed by atoms with Crippen LogP contribution in [0.5, 0.6) is 0 Å². The van der Waals surface area contributed by atoms with E-state index < -0.39 is 102 Å². The fraction of sp³-hybridized carbons (Fsp3) is 0.662. The number of hydrogen-bond donors (Lipinski definition) is 4. The molecule has 3 amide bonds. The fourth-order valence-corrected chi connectivity index (χ4v) is 13.2. The number of ketones is 3. The van der Waals surface area contributed by atoms with Crippen molar-refractivity contribution in [2.24, 2.45) is 35.5 Å². The van der Waals surface area contributed by atoms with E-state index >= 15 is 0 Å². The second-order valence-electron chi connectivity index (χ2n) is 25.8. The number of methoxy groups -OCH3 is 3. The van der Waals surface area contributed by atoms with Gasteiger partial charge in [0.05, 0.1) is 23.9 Å². The summed E-state index contributed by atoms with van der Waals surface area (Å²) in [5.74, 6) is -7.75. The number of Topliss-reactive ketones (excluding diaryl/α,β-unsaturated/α-hetero) is 3. The molecule has 0 unspecified atom stereocenters. The molecule has 4 aliphatic heterocycles. The Kier molecular flexibility index (Phi) is 27.1. The van der Waals surface area contributed by atoms with E-state index in [-0.39, 0.29) is 61.7 Å². The Morgan fingerprint density at radius 2 is 1.45 bits per heavy atom. The first-order chi connectivity index (χ1) is 44.0. The first-order valence-electron chi connectivity index (χ1n) is 32.8. The molecular formula is C68H99N9O15. The molecule has 4 N–H and O–H groups in total. The number of ether oxygens (including phenoxy) is 6. The number of nitrogens with one attached hydrogen (secondary N) is 2. The van der Waals surface area contributed by atoms with Crippen molar-refractivity contribution in [3.63, 3.8) is 0 Å². The molecule has 2 aromatic heterocycles. The number of amides is 3. The number of piperidine rings is 1. The lowest BCUT2D eigenvalue weighted by atomic mass is 9.78. The molecule has 1 saturated carbocycles. The van der Waals surface area contributed by atoms with Gasteiger partial charge in [0, 0.05) is 128 Å². The average Bonchev–Trinajstić information content (AvgIpc) is 0.787. The topological polar surface area (TPSA) is 301 Å². The van der Waals surface area contributed by atoms with Crippen LogP contribution in [-0.2, 0) is 58.9 Å². The minimum Gasteiger partial charge on any atom is -0.460 e. The maximum Gasteiger partial charge on any atom is 0.407 e. The van der Waals surface area contributed by atoms with Gasteiger partial charge in [-0.1, -0.05) is 71.1 Å². The van der Waals surface area contributed by atoms with Crippen LogP contribution in [-0.4, -0.2) is 191 Å². The molecule has 1 aliphatic carbocycles. The van der Waals surface area contributed by atoms with Gasteiger partial charge < -0.3 is 64.0 Å². The van der Waals surface area contributed by atoms with Crippen molar-refractivity contribution in [2.75, 3.05) is 70.4 Å². The molecule has 7 rings (SSSR count). The van der Waals surface area contributed by atoms with E-state index in [2.05, 4.69) is 35.5 Å². The Morgan fingerprint density at radius 3 is 2.09 bits per heavy atom. The van der Waals surface area contributed by atoms with E-state index in [0.29, 0.717) is 119 Å². The number of alkyl carbamates (subject to hydrolysis) is 1. The third-order valence-electron chi connectivity index (χ3n) is 18.9. The second-order valence-corrected chi connectivity index (χ2v) is 25.8. The van der Waals surface area contributed by atoms with Gasteiger partial charge in [0.2, 0.25) is 17.7 Å². The molecule has 2 aromatic rings. The number of rotatable bonds is 13. The molecule has 6 heterocycles. The highest BCUT2D eigenvalue weighted by Gasteiger charge is 2.53. The Bertz CT molecular complexity index is 2950. The van der Waals surface area contributed by atoms with Gasteiger partial charge in [-0.3, -0.25) is 24.0 Å². The predicted octanol–water partition coefficient (Wildman–Crippen LogP) is 6.77. The molecule has 24 nitrogen and oxygen atoms in total. The van der Waals surface area contributed by atoms with Crippen molar-refractivity contribution in [3.05, 3.63) is 83.5 Å². The summed E-state index contributed by atoms with van der Waals surface area (Å²) in [6.07, 6.45) is 15.7. The summed E-state index contributed by atoms with van der Waals surface area (Å²) in [6.45, 7) is 17.6. The molecule has 92 heavy (non-hydrogen) atoms. The predicted molar refractivity (Wildman–Crippen MR) is 343 cm³/mol. The number of allylic oxidation sites excluding steroid dienone is 6. The molecule has 0 aromatic carbocycles. The quantitative estimate of drug-likeness (QED) is 0.0913. The standard InChI is InChI=1S/C68H99N9O15/c1-12-69-62(82)50-39-72-66(73-40-50)76-28-26-75(27-29-76)65-70-36-49(37-71-65)38-74-67(85)91-54-24-22-48(33-57(54)88-10)32-44(5)56-35-53(78)43(4)31-46(7)59(80)60(89-11)58(79)45(6)30-41(2)18-14-13-15-19-42(3)55(87-9)34-51-23-21-47(8)68(86,92-51)61(81)63(83)77-25-17-16-20-52(77)64(84)90-56/h13-15,18-19,31,36-37,39-41,43-45,47-48,51-52,54-57,59-60,80,86H,12,16-17,20-30,32-35,38H2,1-11H3,(H,69,82)(H,74,85)/b15-13+,18-14+,42-19+,46-31+/t41-,43-,44-,45-,47-,48+,51+,52+,54-,55+,56+,57-,59-,60+,68-/m1/s1. The van der Waals surface area contributed by atoms with Crippen LogP contribution in [0.15, 0.2) is 72.4 Å². The van der Waals surface area contributed by atoms with Crippen molar-refractivity contribution in [1.82, 2.24) is 35.5 Å². The lowest BCUT2D eigenvalue weighted by Crippen LogP contribution is -2.61. The molecule has 5 aliphatic rings. The summed E-state index contributed by atoms with van der Waals surface area (Å²) >= 11 is 0. The van der Waals surface area contributed by atoms with Crippen molar-refractivity contribution >= 4 is 53.1 Å². The van der Waals surface area contributed by atoms with Gasteiger partial charge in [-0.2, -0.15) is 0 Å². The summed E-state index contributed by atoms with van der Waals surface area (Å²) in [6, 6.07) is -1.21. The molecule has 0 radical (unpaired) electrons. The molecule has 4 fully saturated rings. The number of piperazine rings is 1. The zero-order valence-corrected chi connectivity index (χ0v) is 55.6. The Labute approximate surface area is 541 Å². The summed E-state index contributed by atoms with van der Waals surface area (Å²) in [7, 11) is 4.49. The number of esters is 1. The summed E-state index contributed by atoms with van der Waals surface area (Å²) in [4.78, 5) is 121. The van der Waals surface area contributed by atoms with Crippen LogP contribution >= 0.6 is 0 Å². The van der Waals surface area contributed by atoms with Gasteiger partial charge in [0.1, 0.15) is 36.2 Å². The lowest BCUT2D eigenvalue weighted by Gasteiger charge is -2.42. The molecule has 3 saturated heterocycles. The third kappa shape index (κ3) is 19.2. The van der Waals surface area contributed by atoms with Gasteiger partial charge in [0.15, 0.2) is 5.78 Å².